The number of nitrogens with zero attached hydrogens (tertiary/aromatic N) is 1. The van der Waals surface area contributed by atoms with Gasteiger partial charge in [0.15, 0.2) is 0 Å². The third-order valence-corrected chi connectivity index (χ3v) is 5.17. The Balaban J connectivity index is 1.93. The van der Waals surface area contributed by atoms with Crippen LogP contribution >= 0.6 is 0 Å². The zero-order chi connectivity index (χ0) is 14.0. The summed E-state index contributed by atoms with van der Waals surface area (Å²) in [6.07, 6.45) is 8.14. The molecule has 1 saturated carbocycles. The van der Waals surface area contributed by atoms with Crippen LogP contribution in [0.2, 0.25) is 0 Å². The van der Waals surface area contributed by atoms with Gasteiger partial charge in [-0.25, -0.2) is 0 Å². The van der Waals surface area contributed by atoms with Crippen LogP contribution in [0.4, 0.5) is 0 Å². The third-order valence-electron chi connectivity index (χ3n) is 5.17. The zero-order valence-electron chi connectivity index (χ0n) is 12.5. The number of benzene rings is 1. The minimum absolute atomic E-state index is 0.142. The summed E-state index contributed by atoms with van der Waals surface area (Å²) in [5.74, 6) is 0. The lowest BCUT2D eigenvalue weighted by Gasteiger charge is -2.32. The van der Waals surface area contributed by atoms with E-state index in [-0.39, 0.29) is 5.54 Å². The summed E-state index contributed by atoms with van der Waals surface area (Å²) in [6, 6.07) is 8.69. The van der Waals surface area contributed by atoms with Gasteiger partial charge in [0.25, 0.3) is 0 Å². The third kappa shape index (κ3) is 1.52. The Morgan fingerprint density at radius 1 is 1.05 bits per heavy atom. The van der Waals surface area contributed by atoms with Gasteiger partial charge in [0.2, 0.25) is 0 Å². The van der Waals surface area contributed by atoms with Crippen molar-refractivity contribution in [1.82, 2.24) is 0 Å². The highest BCUT2D eigenvalue weighted by Crippen LogP contribution is 2.51. The molecular weight excluding hydrogens is 242 g/mol. The van der Waals surface area contributed by atoms with E-state index < -0.39 is 0 Å². The predicted octanol–water partition coefficient (Wildman–Crippen LogP) is 4.89. The Morgan fingerprint density at radius 2 is 1.85 bits per heavy atom. The number of rotatable bonds is 0. The highest BCUT2D eigenvalue weighted by Gasteiger charge is 2.43. The first-order chi connectivity index (χ1) is 9.50. The first-order valence-electron chi connectivity index (χ1n) is 7.60. The van der Waals surface area contributed by atoms with Crippen molar-refractivity contribution in [3.63, 3.8) is 0 Å². The Morgan fingerprint density at radius 3 is 2.70 bits per heavy atom. The summed E-state index contributed by atoms with van der Waals surface area (Å²) >= 11 is 0. The second kappa shape index (κ2) is 3.72. The molecule has 0 aromatic heterocycles. The highest BCUT2D eigenvalue weighted by molar-refractivity contribution is 6.06. The molecule has 1 heteroatoms. The smallest absolute Gasteiger partial charge is 0.109 e. The minimum atomic E-state index is -0.142. The molecule has 0 amide bonds. The normalized spacial score (nSPS) is 29.6. The average molecular weight is 263 g/mol. The lowest BCUT2D eigenvalue weighted by Crippen LogP contribution is -2.24. The molecule has 1 atom stereocenters. The van der Waals surface area contributed by atoms with Crippen molar-refractivity contribution >= 4 is 11.8 Å². The summed E-state index contributed by atoms with van der Waals surface area (Å²) in [5.41, 5.74) is 7.29. The van der Waals surface area contributed by atoms with Crippen molar-refractivity contribution in [3.05, 3.63) is 52.6 Å². The van der Waals surface area contributed by atoms with Crippen LogP contribution in [-0.4, -0.2) is 5.71 Å². The van der Waals surface area contributed by atoms with Gasteiger partial charge in [-0.05, 0) is 53.9 Å². The summed E-state index contributed by atoms with van der Waals surface area (Å²) in [7, 11) is 0. The van der Waals surface area contributed by atoms with Gasteiger partial charge >= 0.3 is 0 Å². The lowest BCUT2D eigenvalue weighted by atomic mass is 9.71. The van der Waals surface area contributed by atoms with Crippen LogP contribution in [0.5, 0.6) is 0 Å². The molecule has 1 fully saturated rings. The van der Waals surface area contributed by atoms with Crippen LogP contribution in [0.1, 0.15) is 51.2 Å². The maximum atomic E-state index is 5.16. The fourth-order valence-electron chi connectivity index (χ4n) is 4.00. The standard InChI is InChI=1S/C19H21N/c1-18(2)11-10-17-14(12-18)16-9-8-13-6-4-5-7-15(13)19(16,3)20-17/h4-9H,10-12H2,1-3H3/t19-/m1/s1. The number of hydrogen-bond acceptors (Lipinski definition) is 1. The summed E-state index contributed by atoms with van der Waals surface area (Å²) < 4.78 is 0. The van der Waals surface area contributed by atoms with Crippen molar-refractivity contribution < 1.29 is 0 Å². The maximum absolute atomic E-state index is 5.16. The van der Waals surface area contributed by atoms with Gasteiger partial charge < -0.3 is 0 Å². The van der Waals surface area contributed by atoms with E-state index in [0.29, 0.717) is 5.41 Å². The van der Waals surface area contributed by atoms with E-state index >= 15 is 0 Å². The first kappa shape index (κ1) is 12.1. The van der Waals surface area contributed by atoms with Crippen molar-refractivity contribution in [1.29, 1.82) is 0 Å². The molecule has 0 radical (unpaired) electrons. The number of fused-ring (bicyclic) bond motifs is 4. The second-order valence-electron chi connectivity index (χ2n) is 7.28. The molecule has 0 spiro atoms. The lowest BCUT2D eigenvalue weighted by molar-refractivity contribution is 0.330. The second-order valence-corrected chi connectivity index (χ2v) is 7.28. The molecule has 0 unspecified atom stereocenters. The van der Waals surface area contributed by atoms with Crippen LogP contribution in [0.15, 0.2) is 46.5 Å². The van der Waals surface area contributed by atoms with Crippen molar-refractivity contribution in [2.75, 3.05) is 0 Å². The van der Waals surface area contributed by atoms with Gasteiger partial charge in [0.05, 0.1) is 0 Å². The monoisotopic (exact) mass is 263 g/mol. The van der Waals surface area contributed by atoms with E-state index in [1.807, 2.05) is 0 Å². The fraction of sp³-hybridized carbons (Fsp3) is 0.421. The molecule has 1 aromatic carbocycles. The maximum Gasteiger partial charge on any atom is 0.109 e. The predicted molar refractivity (Wildman–Crippen MR) is 84.9 cm³/mol. The average Bonchev–Trinajstić information content (AvgIpc) is 2.70. The molecule has 0 saturated heterocycles. The summed E-state index contributed by atoms with van der Waals surface area (Å²) in [4.78, 5) is 5.16. The van der Waals surface area contributed by atoms with E-state index in [4.69, 9.17) is 4.99 Å². The topological polar surface area (TPSA) is 12.4 Å². The van der Waals surface area contributed by atoms with Crippen LogP contribution < -0.4 is 0 Å². The summed E-state index contributed by atoms with van der Waals surface area (Å²) in [5, 5.41) is 0. The molecule has 1 aromatic rings. The van der Waals surface area contributed by atoms with E-state index in [1.165, 1.54) is 40.8 Å². The van der Waals surface area contributed by atoms with Gasteiger partial charge in [0.1, 0.15) is 5.54 Å². The molecule has 2 aliphatic carbocycles. The highest BCUT2D eigenvalue weighted by atomic mass is 14.9. The fourth-order valence-corrected chi connectivity index (χ4v) is 4.00. The van der Waals surface area contributed by atoms with Crippen molar-refractivity contribution in [2.45, 2.75) is 45.6 Å². The van der Waals surface area contributed by atoms with Gasteiger partial charge in [-0.15, -0.1) is 0 Å². The Hall–Kier alpha value is -1.63. The molecule has 4 rings (SSSR count). The number of aliphatic imine (C=N–C) groups is 1. The molecule has 0 N–H and O–H groups in total. The largest absolute Gasteiger partial charge is 0.274 e. The van der Waals surface area contributed by atoms with E-state index in [9.17, 15) is 0 Å². The number of allylic oxidation sites excluding steroid dienone is 1. The Kier molecular flexibility index (Phi) is 2.26. The van der Waals surface area contributed by atoms with Gasteiger partial charge in [-0.3, -0.25) is 4.99 Å². The van der Waals surface area contributed by atoms with Crippen molar-refractivity contribution in [2.24, 2.45) is 10.4 Å². The van der Waals surface area contributed by atoms with E-state index in [0.717, 1.165) is 6.42 Å². The molecule has 3 aliphatic rings. The SMILES string of the molecule is CC1(C)CCC2=N[C@@]3(C)C(=C2C1)C=Cc1ccccc13. The first-order valence-corrected chi connectivity index (χ1v) is 7.60. The van der Waals surface area contributed by atoms with Crippen LogP contribution in [0.25, 0.3) is 6.08 Å². The van der Waals surface area contributed by atoms with Crippen molar-refractivity contribution in [3.8, 4) is 0 Å². The quantitative estimate of drug-likeness (QED) is 0.632. The van der Waals surface area contributed by atoms with Gasteiger partial charge in [-0.1, -0.05) is 50.3 Å². The van der Waals surface area contributed by atoms with Gasteiger partial charge in [-0.2, -0.15) is 0 Å². The molecule has 20 heavy (non-hydrogen) atoms. The summed E-state index contributed by atoms with van der Waals surface area (Å²) in [6.45, 7) is 7.05. The molecule has 1 nitrogen and oxygen atoms in total. The van der Waals surface area contributed by atoms with Crippen LogP contribution in [0.3, 0.4) is 0 Å². The van der Waals surface area contributed by atoms with E-state index in [1.54, 1.807) is 0 Å². The zero-order valence-corrected chi connectivity index (χ0v) is 12.5. The molecule has 1 heterocycles. The van der Waals surface area contributed by atoms with Gasteiger partial charge in [0, 0.05) is 5.71 Å². The van der Waals surface area contributed by atoms with Crippen LogP contribution in [0, 0.1) is 5.41 Å². The molecule has 0 bridgehead atoms. The van der Waals surface area contributed by atoms with Crippen LogP contribution in [-0.2, 0) is 5.54 Å². The Bertz CT molecular complexity index is 687. The molecule has 1 aliphatic heterocycles. The Labute approximate surface area is 121 Å². The molecule has 102 valence electrons. The van der Waals surface area contributed by atoms with E-state index in [2.05, 4.69) is 57.2 Å². The molecular formula is C19H21N. The minimum Gasteiger partial charge on any atom is -0.274 e. The number of hydrogen-bond donors (Lipinski definition) is 0.